The molecule has 0 saturated carbocycles. The third-order valence-corrected chi connectivity index (χ3v) is 3.25. The van der Waals surface area contributed by atoms with Crippen LogP contribution in [0.25, 0.3) is 0 Å². The lowest BCUT2D eigenvalue weighted by atomic mass is 10.1. The highest BCUT2D eigenvalue weighted by atomic mass is 16.6. The van der Waals surface area contributed by atoms with Gasteiger partial charge >= 0.3 is 0 Å². The molecule has 1 amide bonds. The lowest BCUT2D eigenvalue weighted by Crippen LogP contribution is -2.16. The third kappa shape index (κ3) is 2.58. The van der Waals surface area contributed by atoms with E-state index in [0.29, 0.717) is 6.54 Å². The molecular formula is C12H13N3O5. The monoisotopic (exact) mass is 279 g/mol. The van der Waals surface area contributed by atoms with Crippen molar-refractivity contribution >= 4 is 17.3 Å². The molecule has 2 rings (SSSR count). The maximum absolute atomic E-state index is 12.2. The molecule has 8 nitrogen and oxygen atoms in total. The Bertz CT molecular complexity index is 567. The van der Waals surface area contributed by atoms with Crippen LogP contribution >= 0.6 is 0 Å². The average molecular weight is 279 g/mol. The molecule has 1 fully saturated rings. The van der Waals surface area contributed by atoms with Crippen molar-refractivity contribution in [3.63, 3.8) is 0 Å². The number of benzene rings is 1. The third-order valence-electron chi connectivity index (χ3n) is 3.25. The van der Waals surface area contributed by atoms with Crippen molar-refractivity contribution in [1.82, 2.24) is 4.90 Å². The number of carbonyl (C=O) groups is 1. The fourth-order valence-electron chi connectivity index (χ4n) is 2.05. The lowest BCUT2D eigenvalue weighted by molar-refractivity contribution is -0.394. The van der Waals surface area contributed by atoms with Crippen LogP contribution in [-0.2, 0) is 0 Å². The molecular weight excluding hydrogens is 266 g/mol. The van der Waals surface area contributed by atoms with Crippen LogP contribution in [0.15, 0.2) is 18.2 Å². The topological polar surface area (TPSA) is 106 Å². The molecule has 106 valence electrons. The minimum Gasteiger partial charge on any atom is -0.332 e. The maximum atomic E-state index is 12.2. The summed E-state index contributed by atoms with van der Waals surface area (Å²) in [5.41, 5.74) is -0.926. The van der Waals surface area contributed by atoms with E-state index < -0.39 is 27.1 Å². The standard InChI is InChI=1S/C12H13N3O5/c1-7(2)11-6-13(11)12(16)8-3-9(14(17)18)5-10(4-8)15(19)20/h3-5,7,11H,6H2,1-2H3. The summed E-state index contributed by atoms with van der Waals surface area (Å²) in [5.74, 6) is -0.122. The van der Waals surface area contributed by atoms with E-state index >= 15 is 0 Å². The number of nitro groups is 2. The molecule has 0 radical (unpaired) electrons. The Balaban J connectivity index is 2.34. The number of hydrogen-bond donors (Lipinski definition) is 0. The molecule has 20 heavy (non-hydrogen) atoms. The van der Waals surface area contributed by atoms with Gasteiger partial charge in [0.25, 0.3) is 17.3 Å². The van der Waals surface area contributed by atoms with E-state index in [2.05, 4.69) is 0 Å². The highest BCUT2D eigenvalue weighted by molar-refractivity contribution is 5.97. The lowest BCUT2D eigenvalue weighted by Gasteiger charge is -2.06. The molecule has 1 aliphatic heterocycles. The Morgan fingerprint density at radius 2 is 1.70 bits per heavy atom. The second-order valence-electron chi connectivity index (χ2n) is 5.02. The summed E-state index contributed by atoms with van der Waals surface area (Å²) in [6, 6.07) is 3.09. The zero-order valence-electron chi connectivity index (χ0n) is 11.0. The van der Waals surface area contributed by atoms with Gasteiger partial charge in [-0.25, -0.2) is 0 Å². The van der Waals surface area contributed by atoms with Crippen LogP contribution in [-0.4, -0.2) is 33.2 Å². The van der Waals surface area contributed by atoms with Crippen molar-refractivity contribution in [2.24, 2.45) is 5.92 Å². The molecule has 1 heterocycles. The first-order chi connectivity index (χ1) is 9.31. The van der Waals surface area contributed by atoms with Crippen LogP contribution in [0.2, 0.25) is 0 Å². The number of hydrogen-bond acceptors (Lipinski definition) is 5. The number of nitro benzene ring substituents is 2. The fourth-order valence-corrected chi connectivity index (χ4v) is 2.05. The van der Waals surface area contributed by atoms with Gasteiger partial charge in [-0.2, -0.15) is 0 Å². The summed E-state index contributed by atoms with van der Waals surface area (Å²) in [6.07, 6.45) is 0. The van der Waals surface area contributed by atoms with E-state index in [0.717, 1.165) is 18.2 Å². The van der Waals surface area contributed by atoms with E-state index in [4.69, 9.17) is 0 Å². The Kier molecular flexibility index (Phi) is 3.39. The summed E-state index contributed by atoms with van der Waals surface area (Å²) >= 11 is 0. The molecule has 1 atom stereocenters. The number of carbonyl (C=O) groups excluding carboxylic acids is 1. The van der Waals surface area contributed by atoms with Gasteiger partial charge in [0.2, 0.25) is 0 Å². The van der Waals surface area contributed by atoms with Crippen LogP contribution in [0.1, 0.15) is 24.2 Å². The smallest absolute Gasteiger partial charge is 0.277 e. The molecule has 0 N–H and O–H groups in total. The largest absolute Gasteiger partial charge is 0.332 e. The molecule has 0 aliphatic carbocycles. The first-order valence-electron chi connectivity index (χ1n) is 6.06. The summed E-state index contributed by atoms with van der Waals surface area (Å²) in [6.45, 7) is 4.51. The molecule has 1 saturated heterocycles. The number of amides is 1. The predicted molar refractivity (Wildman–Crippen MR) is 69.4 cm³/mol. The minimum atomic E-state index is -0.744. The zero-order valence-corrected chi connectivity index (χ0v) is 11.0. The Hall–Kier alpha value is -2.51. The van der Waals surface area contributed by atoms with Crippen molar-refractivity contribution in [2.45, 2.75) is 19.9 Å². The summed E-state index contributed by atoms with van der Waals surface area (Å²) in [7, 11) is 0. The first kappa shape index (κ1) is 13.9. The maximum Gasteiger partial charge on any atom is 0.277 e. The molecule has 1 aromatic rings. The highest BCUT2D eigenvalue weighted by Gasteiger charge is 2.41. The average Bonchev–Trinajstić information content (AvgIpc) is 3.17. The second-order valence-corrected chi connectivity index (χ2v) is 5.02. The molecule has 0 bridgehead atoms. The van der Waals surface area contributed by atoms with Crippen LogP contribution in [0.3, 0.4) is 0 Å². The van der Waals surface area contributed by atoms with Crippen molar-refractivity contribution in [1.29, 1.82) is 0 Å². The summed E-state index contributed by atoms with van der Waals surface area (Å²) in [5, 5.41) is 21.5. The van der Waals surface area contributed by atoms with Gasteiger partial charge in [0.05, 0.1) is 27.5 Å². The van der Waals surface area contributed by atoms with E-state index in [1.807, 2.05) is 13.8 Å². The molecule has 8 heteroatoms. The number of rotatable bonds is 4. The second kappa shape index (κ2) is 4.87. The summed E-state index contributed by atoms with van der Waals surface area (Å²) < 4.78 is 0. The first-order valence-corrected chi connectivity index (χ1v) is 6.06. The van der Waals surface area contributed by atoms with Gasteiger partial charge in [-0.15, -0.1) is 0 Å². The van der Waals surface area contributed by atoms with E-state index in [-0.39, 0.29) is 17.5 Å². The Morgan fingerprint density at radius 1 is 1.20 bits per heavy atom. The van der Waals surface area contributed by atoms with Gasteiger partial charge in [0, 0.05) is 18.7 Å². The van der Waals surface area contributed by atoms with Crippen molar-refractivity contribution in [3.05, 3.63) is 44.0 Å². The molecule has 1 aromatic carbocycles. The zero-order chi connectivity index (χ0) is 15.0. The normalized spacial score (nSPS) is 17.1. The molecule has 0 aromatic heterocycles. The summed E-state index contributed by atoms with van der Waals surface area (Å²) in [4.78, 5) is 33.7. The number of non-ortho nitro benzene ring substituents is 2. The van der Waals surface area contributed by atoms with E-state index in [1.54, 1.807) is 4.90 Å². The predicted octanol–water partition coefficient (Wildman–Crippen LogP) is 1.98. The Morgan fingerprint density at radius 3 is 2.05 bits per heavy atom. The highest BCUT2D eigenvalue weighted by Crippen LogP contribution is 2.30. The quantitative estimate of drug-likeness (QED) is 0.476. The van der Waals surface area contributed by atoms with Crippen molar-refractivity contribution in [2.75, 3.05) is 6.54 Å². The number of nitrogens with zero attached hydrogens (tertiary/aromatic N) is 3. The molecule has 1 unspecified atom stereocenters. The Labute approximate surface area is 114 Å². The van der Waals surface area contributed by atoms with Crippen molar-refractivity contribution in [3.8, 4) is 0 Å². The fraction of sp³-hybridized carbons (Fsp3) is 0.417. The molecule has 0 spiro atoms. The van der Waals surface area contributed by atoms with Crippen LogP contribution < -0.4 is 0 Å². The van der Waals surface area contributed by atoms with Crippen LogP contribution in [0, 0.1) is 26.1 Å². The van der Waals surface area contributed by atoms with Crippen LogP contribution in [0.5, 0.6) is 0 Å². The van der Waals surface area contributed by atoms with Gasteiger partial charge in [-0.1, -0.05) is 13.8 Å². The van der Waals surface area contributed by atoms with E-state index in [9.17, 15) is 25.0 Å². The van der Waals surface area contributed by atoms with Crippen LogP contribution in [0.4, 0.5) is 11.4 Å². The van der Waals surface area contributed by atoms with Crippen molar-refractivity contribution < 1.29 is 14.6 Å². The van der Waals surface area contributed by atoms with Gasteiger partial charge in [-0.3, -0.25) is 25.0 Å². The molecule has 1 aliphatic rings. The minimum absolute atomic E-state index is 0.0194. The van der Waals surface area contributed by atoms with E-state index in [1.165, 1.54) is 0 Å². The van der Waals surface area contributed by atoms with Gasteiger partial charge < -0.3 is 4.90 Å². The van der Waals surface area contributed by atoms with Gasteiger partial charge in [0.1, 0.15) is 0 Å². The SMILES string of the molecule is CC(C)C1CN1C(=O)c1cc([N+](=O)[O-])cc([N+](=O)[O-])c1. The van der Waals surface area contributed by atoms with Gasteiger partial charge in [-0.05, 0) is 5.92 Å². The van der Waals surface area contributed by atoms with Gasteiger partial charge in [0.15, 0.2) is 0 Å².